The van der Waals surface area contributed by atoms with E-state index in [1.807, 2.05) is 19.1 Å². The molecule has 1 rings (SSSR count). The number of ketones is 1. The summed E-state index contributed by atoms with van der Waals surface area (Å²) in [6, 6.07) is 5.46. The second-order valence-electron chi connectivity index (χ2n) is 4.18. The van der Waals surface area contributed by atoms with Gasteiger partial charge in [-0.15, -0.1) is 0 Å². The Morgan fingerprint density at radius 1 is 1.22 bits per heavy atom. The molecule has 0 aliphatic heterocycles. The zero-order chi connectivity index (χ0) is 14.0. The van der Waals surface area contributed by atoms with Crippen molar-refractivity contribution in [3.8, 4) is 0 Å². The van der Waals surface area contributed by atoms with Gasteiger partial charge in [0.25, 0.3) is 0 Å². The van der Waals surface area contributed by atoms with Crippen LogP contribution < -0.4 is 5.32 Å². The molecule has 0 heterocycles. The number of aryl methyl sites for hydroxylation is 1. The summed E-state index contributed by atoms with van der Waals surface area (Å²) in [6.45, 7) is 7.18. The van der Waals surface area contributed by atoms with Gasteiger partial charge >= 0.3 is 0 Å². The van der Waals surface area contributed by atoms with Crippen molar-refractivity contribution in [3.63, 3.8) is 0 Å². The Bertz CT molecular complexity index is 316. The molecule has 0 saturated carbocycles. The van der Waals surface area contributed by atoms with Gasteiger partial charge in [0.2, 0.25) is 0 Å². The van der Waals surface area contributed by atoms with E-state index in [-0.39, 0.29) is 5.78 Å². The molecule has 2 nitrogen and oxygen atoms in total. The summed E-state index contributed by atoms with van der Waals surface area (Å²) in [6.07, 6.45) is 2.35. The van der Waals surface area contributed by atoms with Crippen LogP contribution in [0.4, 0.5) is 0 Å². The minimum absolute atomic E-state index is 0.214. The third-order valence-electron chi connectivity index (χ3n) is 2.09. The Kier molecular flexibility index (Phi) is 10.0. The Morgan fingerprint density at radius 3 is 2.17 bits per heavy atom. The van der Waals surface area contributed by atoms with Crippen LogP contribution in [0.3, 0.4) is 0 Å². The maximum atomic E-state index is 10.3. The van der Waals surface area contributed by atoms with Gasteiger partial charge in [0.05, 0.1) is 6.54 Å². The lowest BCUT2D eigenvalue weighted by atomic mass is 10.2. The van der Waals surface area contributed by atoms with E-state index < -0.39 is 0 Å². The Balaban J connectivity index is 0.000000321. The van der Waals surface area contributed by atoms with E-state index >= 15 is 0 Å². The fraction of sp³-hybridized carbons (Fsp3) is 0.500. The van der Waals surface area contributed by atoms with E-state index in [9.17, 15) is 4.79 Å². The number of hydrogen-bond acceptors (Lipinski definition) is 2. The molecule has 0 atom stereocenters. The van der Waals surface area contributed by atoms with Crippen LogP contribution in [-0.4, -0.2) is 18.9 Å². The summed E-state index contributed by atoms with van der Waals surface area (Å²) >= 11 is 11.3. The van der Waals surface area contributed by atoms with Crippen molar-refractivity contribution in [1.82, 2.24) is 5.32 Å². The van der Waals surface area contributed by atoms with E-state index in [2.05, 4.69) is 12.2 Å². The molecular formula is C14H21Cl2NO. The number of benzene rings is 1. The van der Waals surface area contributed by atoms with E-state index in [1.54, 1.807) is 13.0 Å². The minimum Gasteiger partial charge on any atom is -0.310 e. The highest BCUT2D eigenvalue weighted by Gasteiger charge is 1.91. The third-order valence-corrected chi connectivity index (χ3v) is 2.52. The number of carbonyl (C=O) groups excluding carboxylic acids is 1. The van der Waals surface area contributed by atoms with Crippen molar-refractivity contribution in [2.24, 2.45) is 0 Å². The maximum Gasteiger partial charge on any atom is 0.143 e. The van der Waals surface area contributed by atoms with E-state index in [4.69, 9.17) is 23.2 Å². The first-order valence-electron chi connectivity index (χ1n) is 6.08. The van der Waals surface area contributed by atoms with Gasteiger partial charge in [0, 0.05) is 10.0 Å². The highest BCUT2D eigenvalue weighted by atomic mass is 35.5. The molecule has 0 bridgehead atoms. The van der Waals surface area contributed by atoms with Gasteiger partial charge in [-0.1, -0.05) is 36.5 Å². The van der Waals surface area contributed by atoms with Crippen molar-refractivity contribution in [2.45, 2.75) is 33.6 Å². The summed E-state index contributed by atoms with van der Waals surface area (Å²) in [5, 5.41) is 4.43. The lowest BCUT2D eigenvalue weighted by Crippen LogP contribution is -2.21. The molecule has 0 aliphatic rings. The van der Waals surface area contributed by atoms with E-state index in [1.165, 1.54) is 6.42 Å². The summed E-state index contributed by atoms with van der Waals surface area (Å²) < 4.78 is 0. The zero-order valence-electron chi connectivity index (χ0n) is 11.2. The predicted molar refractivity (Wildman–Crippen MR) is 79.7 cm³/mol. The van der Waals surface area contributed by atoms with Crippen molar-refractivity contribution in [2.75, 3.05) is 13.1 Å². The summed E-state index contributed by atoms with van der Waals surface area (Å²) in [7, 11) is 0. The molecular weight excluding hydrogens is 269 g/mol. The molecule has 0 aromatic heterocycles. The normalized spacial score (nSPS) is 9.61. The number of halogens is 2. The summed E-state index contributed by atoms with van der Waals surface area (Å²) in [5.74, 6) is 0.214. The molecule has 0 unspecified atom stereocenters. The Labute approximate surface area is 120 Å². The largest absolute Gasteiger partial charge is 0.310 e. The second-order valence-corrected chi connectivity index (χ2v) is 5.05. The highest BCUT2D eigenvalue weighted by molar-refractivity contribution is 6.34. The molecule has 0 amide bonds. The van der Waals surface area contributed by atoms with Gasteiger partial charge in [-0.05, 0) is 50.6 Å². The van der Waals surface area contributed by atoms with Crippen molar-refractivity contribution in [1.29, 1.82) is 0 Å². The van der Waals surface area contributed by atoms with Crippen LogP contribution in [0, 0.1) is 6.92 Å². The van der Waals surface area contributed by atoms with Crippen LogP contribution in [0.2, 0.25) is 10.0 Å². The van der Waals surface area contributed by atoms with Crippen LogP contribution in [0.15, 0.2) is 18.2 Å². The molecule has 1 aromatic rings. The molecule has 0 spiro atoms. The number of Topliss-reactive ketones (excluding diaryl/α,β-unsaturated/α-hetero) is 1. The highest BCUT2D eigenvalue weighted by Crippen LogP contribution is 2.17. The number of hydrogen-bond donors (Lipinski definition) is 1. The predicted octanol–water partition coefficient (Wildman–Crippen LogP) is 4.27. The first kappa shape index (κ1) is 17.4. The van der Waals surface area contributed by atoms with E-state index in [0.717, 1.165) is 18.5 Å². The first-order valence-corrected chi connectivity index (χ1v) is 6.84. The molecule has 4 heteroatoms. The average Bonchev–Trinajstić information content (AvgIpc) is 2.23. The van der Waals surface area contributed by atoms with Gasteiger partial charge in [-0.25, -0.2) is 0 Å². The minimum atomic E-state index is 0.214. The van der Waals surface area contributed by atoms with Gasteiger partial charge in [-0.3, -0.25) is 4.79 Å². The number of rotatable bonds is 5. The molecule has 102 valence electrons. The van der Waals surface area contributed by atoms with Gasteiger partial charge < -0.3 is 5.32 Å². The maximum absolute atomic E-state index is 10.3. The topological polar surface area (TPSA) is 29.1 Å². The molecule has 1 N–H and O–H groups in total. The Hall–Kier alpha value is -0.570. The van der Waals surface area contributed by atoms with E-state index in [0.29, 0.717) is 16.6 Å². The monoisotopic (exact) mass is 289 g/mol. The second kappa shape index (κ2) is 10.4. The van der Waals surface area contributed by atoms with Crippen LogP contribution in [0.1, 0.15) is 32.3 Å². The SMILES string of the molecule is CCCCNCC(C)=O.Cc1cc(Cl)cc(Cl)c1. The van der Waals surface area contributed by atoms with Crippen LogP contribution in [-0.2, 0) is 4.79 Å². The molecule has 0 radical (unpaired) electrons. The fourth-order valence-electron chi connectivity index (χ4n) is 1.26. The lowest BCUT2D eigenvalue weighted by Gasteiger charge is -1.97. The van der Waals surface area contributed by atoms with Gasteiger partial charge in [-0.2, -0.15) is 0 Å². The Morgan fingerprint density at radius 2 is 1.78 bits per heavy atom. The number of nitrogens with one attached hydrogen (secondary N) is 1. The van der Waals surface area contributed by atoms with Crippen molar-refractivity contribution in [3.05, 3.63) is 33.8 Å². The van der Waals surface area contributed by atoms with Crippen LogP contribution in [0.5, 0.6) is 0 Å². The summed E-state index contributed by atoms with van der Waals surface area (Å²) in [5.41, 5.74) is 1.09. The quantitative estimate of drug-likeness (QED) is 0.821. The van der Waals surface area contributed by atoms with Gasteiger partial charge in [0.1, 0.15) is 5.78 Å². The molecule has 0 aliphatic carbocycles. The fourth-order valence-corrected chi connectivity index (χ4v) is 1.89. The molecule has 18 heavy (non-hydrogen) atoms. The third kappa shape index (κ3) is 10.6. The zero-order valence-corrected chi connectivity index (χ0v) is 12.7. The van der Waals surface area contributed by atoms with Crippen LogP contribution in [0.25, 0.3) is 0 Å². The number of carbonyl (C=O) groups is 1. The first-order chi connectivity index (χ1) is 8.45. The standard InChI is InChI=1S/C7H6Cl2.C7H15NO/c1-5-2-6(8)4-7(9)3-5;1-3-4-5-8-6-7(2)9/h2-4H,1H3;8H,3-6H2,1-2H3. The van der Waals surface area contributed by atoms with Gasteiger partial charge in [0.15, 0.2) is 0 Å². The molecule has 0 fully saturated rings. The number of unbranched alkanes of at least 4 members (excludes halogenated alkanes) is 1. The summed E-state index contributed by atoms with van der Waals surface area (Å²) in [4.78, 5) is 10.3. The van der Waals surface area contributed by atoms with Crippen molar-refractivity contribution < 1.29 is 4.79 Å². The lowest BCUT2D eigenvalue weighted by molar-refractivity contribution is -0.116. The van der Waals surface area contributed by atoms with Crippen LogP contribution >= 0.6 is 23.2 Å². The molecule has 0 saturated heterocycles. The smallest absolute Gasteiger partial charge is 0.143 e. The molecule has 1 aromatic carbocycles. The average molecular weight is 290 g/mol. The van der Waals surface area contributed by atoms with Crippen molar-refractivity contribution >= 4 is 29.0 Å².